The Balaban J connectivity index is 1.97. The van der Waals surface area contributed by atoms with Gasteiger partial charge in [0.2, 0.25) is 5.91 Å². The number of aliphatic hydroxyl groups excluding tert-OH is 1. The van der Waals surface area contributed by atoms with Crippen LogP contribution in [0.15, 0.2) is 36.4 Å². The van der Waals surface area contributed by atoms with Crippen molar-refractivity contribution in [2.24, 2.45) is 0 Å². The number of amides is 1. The fourth-order valence-electron chi connectivity index (χ4n) is 3.59. The van der Waals surface area contributed by atoms with E-state index >= 15 is 0 Å². The molecule has 2 N–H and O–H groups in total. The number of halogens is 5. The first kappa shape index (κ1) is 25.8. The number of likely N-dealkylation sites (tertiary alicyclic amines) is 1. The average molecular weight is 463 g/mol. The topological polar surface area (TPSA) is 77.8 Å². The van der Waals surface area contributed by atoms with Crippen molar-refractivity contribution in [3.63, 3.8) is 0 Å². The zero-order valence-electron chi connectivity index (χ0n) is 17.3. The second-order valence-corrected chi connectivity index (χ2v) is 7.78. The van der Waals surface area contributed by atoms with Crippen LogP contribution in [0.3, 0.4) is 0 Å². The first-order chi connectivity index (χ1) is 14.9. The molecule has 1 aromatic rings. The number of carbonyl (C=O) groups is 2. The molecule has 0 radical (unpaired) electrons. The zero-order chi connectivity index (χ0) is 23.9. The summed E-state index contributed by atoms with van der Waals surface area (Å²) in [7, 11) is 0. The molecule has 5 nitrogen and oxygen atoms in total. The van der Waals surface area contributed by atoms with E-state index in [0.717, 1.165) is 18.2 Å². The largest absolute Gasteiger partial charge is 0.481 e. The number of carboxylic acids is 1. The normalized spacial score (nSPS) is 18.5. The Morgan fingerprint density at radius 2 is 1.78 bits per heavy atom. The molecule has 32 heavy (non-hydrogen) atoms. The highest BCUT2D eigenvalue weighted by Crippen LogP contribution is 2.37. The van der Waals surface area contributed by atoms with Crippen LogP contribution < -0.4 is 0 Å². The maximum Gasteiger partial charge on any atom is 0.416 e. The van der Waals surface area contributed by atoms with E-state index in [1.54, 1.807) is 0 Å². The van der Waals surface area contributed by atoms with Crippen LogP contribution in [0.1, 0.15) is 56.1 Å². The molecule has 1 aromatic carbocycles. The molecule has 0 saturated carbocycles. The minimum absolute atomic E-state index is 0.0754. The predicted octanol–water partition coefficient (Wildman–Crippen LogP) is 4.74. The highest BCUT2D eigenvalue weighted by Gasteiger charge is 2.41. The van der Waals surface area contributed by atoms with Gasteiger partial charge in [0.25, 0.3) is 0 Å². The van der Waals surface area contributed by atoms with Gasteiger partial charge in [-0.25, -0.2) is 0 Å². The molecule has 1 amide bonds. The third kappa shape index (κ3) is 7.01. The molecule has 2 atom stereocenters. The van der Waals surface area contributed by atoms with Gasteiger partial charge in [0.05, 0.1) is 11.6 Å². The Kier molecular flexibility index (Phi) is 8.77. The summed E-state index contributed by atoms with van der Waals surface area (Å²) in [5.41, 5.74) is -2.19. The molecule has 1 aliphatic rings. The second kappa shape index (κ2) is 10.9. The van der Waals surface area contributed by atoms with Crippen LogP contribution >= 0.6 is 0 Å². The number of nitrogens with zero attached hydrogens (tertiary/aromatic N) is 1. The number of aliphatic carboxylic acids is 1. The third-order valence-corrected chi connectivity index (χ3v) is 5.38. The summed E-state index contributed by atoms with van der Waals surface area (Å²) in [4.78, 5) is 24.1. The van der Waals surface area contributed by atoms with E-state index < -0.39 is 41.3 Å². The SMILES string of the molecule is O=C(O)CCCCCCN1C(=O)CC[C@@H]1C=C[C@@H](O)C(F)(F)c1cccc(C(F)(F)F)c1. The van der Waals surface area contributed by atoms with Gasteiger partial charge in [-0.1, -0.05) is 37.1 Å². The number of aliphatic hydroxyl groups is 1. The number of alkyl halides is 5. The summed E-state index contributed by atoms with van der Waals surface area (Å²) in [6.07, 6.45) is -1.78. The Hall–Kier alpha value is -2.49. The fraction of sp³-hybridized carbons (Fsp3) is 0.545. The van der Waals surface area contributed by atoms with Gasteiger partial charge in [0.15, 0.2) is 0 Å². The summed E-state index contributed by atoms with van der Waals surface area (Å²) in [6.45, 7) is 0.376. The lowest BCUT2D eigenvalue weighted by Gasteiger charge is -2.24. The van der Waals surface area contributed by atoms with Crippen molar-refractivity contribution in [3.8, 4) is 0 Å². The smallest absolute Gasteiger partial charge is 0.416 e. The molecule has 0 aliphatic carbocycles. The molecule has 1 fully saturated rings. The number of benzene rings is 1. The lowest BCUT2D eigenvalue weighted by Crippen LogP contribution is -2.34. The van der Waals surface area contributed by atoms with Crippen LogP contribution in [0.25, 0.3) is 0 Å². The molecule has 0 aromatic heterocycles. The number of hydrogen-bond acceptors (Lipinski definition) is 3. The van der Waals surface area contributed by atoms with E-state index in [-0.39, 0.29) is 18.7 Å². The van der Waals surface area contributed by atoms with E-state index in [0.29, 0.717) is 50.8 Å². The minimum Gasteiger partial charge on any atom is -0.481 e. The number of unbranched alkanes of at least 4 members (excludes halogenated alkanes) is 3. The lowest BCUT2D eigenvalue weighted by atomic mass is 9.99. The predicted molar refractivity (Wildman–Crippen MR) is 106 cm³/mol. The molecule has 1 saturated heterocycles. The summed E-state index contributed by atoms with van der Waals surface area (Å²) < 4.78 is 67.5. The van der Waals surface area contributed by atoms with E-state index in [1.165, 1.54) is 11.0 Å². The fourth-order valence-corrected chi connectivity index (χ4v) is 3.59. The molecular formula is C22H26F5NO4. The zero-order valence-corrected chi connectivity index (χ0v) is 17.3. The number of carboxylic acid groups (broad SMARTS) is 1. The maximum atomic E-state index is 14.6. The first-order valence-corrected chi connectivity index (χ1v) is 10.4. The molecular weight excluding hydrogens is 437 g/mol. The van der Waals surface area contributed by atoms with Crippen molar-refractivity contribution in [2.45, 2.75) is 69.2 Å². The molecule has 178 valence electrons. The van der Waals surface area contributed by atoms with Crippen molar-refractivity contribution >= 4 is 11.9 Å². The molecule has 10 heteroatoms. The van der Waals surface area contributed by atoms with Gasteiger partial charge in [-0.05, 0) is 31.4 Å². The Morgan fingerprint density at radius 1 is 1.12 bits per heavy atom. The van der Waals surface area contributed by atoms with Crippen molar-refractivity contribution in [2.75, 3.05) is 6.54 Å². The molecule has 0 unspecified atom stereocenters. The third-order valence-electron chi connectivity index (χ3n) is 5.38. The highest BCUT2D eigenvalue weighted by atomic mass is 19.4. The summed E-state index contributed by atoms with van der Waals surface area (Å²) >= 11 is 0. The van der Waals surface area contributed by atoms with Gasteiger partial charge in [-0.2, -0.15) is 22.0 Å². The van der Waals surface area contributed by atoms with Gasteiger partial charge in [0, 0.05) is 24.9 Å². The van der Waals surface area contributed by atoms with Crippen LogP contribution in [-0.2, 0) is 21.7 Å². The minimum atomic E-state index is -4.79. The van der Waals surface area contributed by atoms with Crippen LogP contribution in [0.4, 0.5) is 22.0 Å². The van der Waals surface area contributed by atoms with Crippen molar-refractivity contribution in [1.29, 1.82) is 0 Å². The van der Waals surface area contributed by atoms with E-state index in [9.17, 15) is 36.6 Å². The molecule has 1 aliphatic heterocycles. The summed E-state index contributed by atoms with van der Waals surface area (Å²) in [6, 6.07) is 2.17. The van der Waals surface area contributed by atoms with Gasteiger partial charge < -0.3 is 15.1 Å². The van der Waals surface area contributed by atoms with Gasteiger partial charge in [-0.3, -0.25) is 9.59 Å². The van der Waals surface area contributed by atoms with Crippen molar-refractivity contribution in [3.05, 3.63) is 47.5 Å². The average Bonchev–Trinajstić information content (AvgIpc) is 3.07. The van der Waals surface area contributed by atoms with Gasteiger partial charge >= 0.3 is 18.1 Å². The first-order valence-electron chi connectivity index (χ1n) is 10.4. The van der Waals surface area contributed by atoms with Crippen LogP contribution in [0.5, 0.6) is 0 Å². The van der Waals surface area contributed by atoms with Gasteiger partial charge in [-0.15, -0.1) is 0 Å². The second-order valence-electron chi connectivity index (χ2n) is 7.78. The Labute approximate surface area is 182 Å². The molecule has 0 bridgehead atoms. The van der Waals surface area contributed by atoms with Gasteiger partial charge in [0.1, 0.15) is 6.10 Å². The maximum absolute atomic E-state index is 14.6. The number of carbonyl (C=O) groups excluding carboxylic acids is 1. The van der Waals surface area contributed by atoms with E-state index in [2.05, 4.69) is 0 Å². The van der Waals surface area contributed by atoms with Crippen molar-refractivity contribution in [1.82, 2.24) is 4.90 Å². The van der Waals surface area contributed by atoms with Crippen LogP contribution in [-0.4, -0.2) is 45.7 Å². The standard InChI is InChI=1S/C22H26F5NO4/c23-21(24,15-6-5-7-16(14-15)22(25,26)27)18(29)11-9-17-10-12-19(30)28(17)13-4-2-1-3-8-20(31)32/h5-7,9,11,14,17-18,29H,1-4,8,10,12-13H2,(H,31,32)/t17-,18+/m0/s1. The van der Waals surface area contributed by atoms with E-state index in [4.69, 9.17) is 5.11 Å². The quantitative estimate of drug-likeness (QED) is 0.282. The summed E-state index contributed by atoms with van der Waals surface area (Å²) in [5, 5.41) is 18.6. The monoisotopic (exact) mass is 463 g/mol. The van der Waals surface area contributed by atoms with Crippen molar-refractivity contribution < 1.29 is 41.8 Å². The lowest BCUT2D eigenvalue weighted by molar-refractivity contribution is -0.138. The summed E-state index contributed by atoms with van der Waals surface area (Å²) in [5.74, 6) is -4.97. The number of hydrogen-bond donors (Lipinski definition) is 2. The molecule has 1 heterocycles. The van der Waals surface area contributed by atoms with E-state index in [1.807, 2.05) is 0 Å². The highest BCUT2D eigenvalue weighted by molar-refractivity contribution is 5.79. The molecule has 0 spiro atoms. The Morgan fingerprint density at radius 3 is 2.44 bits per heavy atom. The Bertz CT molecular complexity index is 825. The van der Waals surface area contributed by atoms with Crippen LogP contribution in [0.2, 0.25) is 0 Å². The molecule has 2 rings (SSSR count). The van der Waals surface area contributed by atoms with Crippen LogP contribution in [0, 0.1) is 0 Å². The number of rotatable bonds is 11.